The summed E-state index contributed by atoms with van der Waals surface area (Å²) in [6.45, 7) is 1.41. The lowest BCUT2D eigenvalue weighted by atomic mass is 10.3. The molecule has 17 heavy (non-hydrogen) atoms. The molecule has 0 saturated heterocycles. The Labute approximate surface area is 102 Å². The summed E-state index contributed by atoms with van der Waals surface area (Å²) in [5, 5.41) is 8.93. The van der Waals surface area contributed by atoms with Crippen LogP contribution in [-0.4, -0.2) is 39.5 Å². The van der Waals surface area contributed by atoms with Gasteiger partial charge in [0.2, 0.25) is 10.0 Å². The molecule has 0 aliphatic heterocycles. The van der Waals surface area contributed by atoms with Crippen LogP contribution in [0.25, 0.3) is 0 Å². The van der Waals surface area contributed by atoms with E-state index < -0.39 is 10.0 Å². The second-order valence-corrected chi connectivity index (χ2v) is 5.58. The van der Waals surface area contributed by atoms with Gasteiger partial charge in [-0.2, -0.15) is 0 Å². The number of nitrogens with zero attached hydrogens (tertiary/aromatic N) is 1. The molecule has 0 bridgehead atoms. The quantitative estimate of drug-likeness (QED) is 0.822. The molecule has 0 amide bonds. The second kappa shape index (κ2) is 5.88. The molecular weight excluding hydrogens is 242 g/mol. The number of anilines is 1. The standard InChI is InChI=1S/C11H17NO4S/c1-3-17(14,15)12(8-9-13)10-4-6-11(16-2)7-5-10/h4-7,13H,3,8-9H2,1-2H3. The van der Waals surface area contributed by atoms with Gasteiger partial charge in [-0.15, -0.1) is 0 Å². The lowest BCUT2D eigenvalue weighted by molar-refractivity contribution is 0.306. The van der Waals surface area contributed by atoms with Gasteiger partial charge in [-0.3, -0.25) is 4.31 Å². The molecule has 0 aliphatic carbocycles. The van der Waals surface area contributed by atoms with Crippen LogP contribution < -0.4 is 9.04 Å². The number of ether oxygens (including phenoxy) is 1. The van der Waals surface area contributed by atoms with E-state index in [1.807, 2.05) is 0 Å². The SMILES string of the molecule is CCS(=O)(=O)N(CCO)c1ccc(OC)cc1. The van der Waals surface area contributed by atoms with Crippen LogP contribution >= 0.6 is 0 Å². The van der Waals surface area contributed by atoms with Gasteiger partial charge >= 0.3 is 0 Å². The molecule has 0 unspecified atom stereocenters. The minimum atomic E-state index is -3.36. The molecule has 0 spiro atoms. The third-order valence-corrected chi connectivity index (χ3v) is 4.16. The van der Waals surface area contributed by atoms with Crippen molar-refractivity contribution < 1.29 is 18.3 Å². The predicted octanol–water partition coefficient (Wildman–Crippen LogP) is 0.844. The molecule has 0 radical (unpaired) electrons. The minimum absolute atomic E-state index is 0.000963. The highest BCUT2D eigenvalue weighted by molar-refractivity contribution is 7.92. The third kappa shape index (κ3) is 3.34. The number of hydrogen-bond acceptors (Lipinski definition) is 4. The van der Waals surface area contributed by atoms with E-state index in [1.165, 1.54) is 4.31 Å². The van der Waals surface area contributed by atoms with Gasteiger partial charge in [-0.05, 0) is 31.2 Å². The first kappa shape index (κ1) is 13.8. The number of benzene rings is 1. The normalized spacial score (nSPS) is 11.2. The molecule has 1 aromatic rings. The van der Waals surface area contributed by atoms with Gasteiger partial charge in [0, 0.05) is 0 Å². The first-order chi connectivity index (χ1) is 8.05. The van der Waals surface area contributed by atoms with Gasteiger partial charge in [0.15, 0.2) is 0 Å². The Morgan fingerprint density at radius 3 is 2.29 bits per heavy atom. The summed E-state index contributed by atoms with van der Waals surface area (Å²) in [7, 11) is -1.82. The van der Waals surface area contributed by atoms with E-state index in [9.17, 15) is 8.42 Å². The van der Waals surface area contributed by atoms with Gasteiger partial charge in [0.25, 0.3) is 0 Å². The molecule has 0 aliphatic rings. The highest BCUT2D eigenvalue weighted by Gasteiger charge is 2.19. The van der Waals surface area contributed by atoms with Crippen molar-refractivity contribution in [2.45, 2.75) is 6.92 Å². The van der Waals surface area contributed by atoms with Gasteiger partial charge in [-0.25, -0.2) is 8.42 Å². The summed E-state index contributed by atoms with van der Waals surface area (Å²) in [6, 6.07) is 6.68. The Morgan fingerprint density at radius 2 is 1.88 bits per heavy atom. The Bertz CT molecular complexity index is 441. The molecular formula is C11H17NO4S. The highest BCUT2D eigenvalue weighted by atomic mass is 32.2. The molecule has 0 heterocycles. The molecule has 1 rings (SSSR count). The van der Waals surface area contributed by atoms with E-state index in [4.69, 9.17) is 9.84 Å². The fraction of sp³-hybridized carbons (Fsp3) is 0.455. The summed E-state index contributed by atoms with van der Waals surface area (Å²) >= 11 is 0. The molecule has 0 saturated carbocycles. The maximum absolute atomic E-state index is 11.8. The van der Waals surface area contributed by atoms with Gasteiger partial charge in [-0.1, -0.05) is 0 Å². The topological polar surface area (TPSA) is 66.8 Å². The van der Waals surface area contributed by atoms with Crippen LogP contribution in [0.2, 0.25) is 0 Å². The van der Waals surface area contributed by atoms with E-state index in [0.29, 0.717) is 11.4 Å². The summed E-state index contributed by atoms with van der Waals surface area (Å²) in [6.07, 6.45) is 0. The summed E-state index contributed by atoms with van der Waals surface area (Å²) in [4.78, 5) is 0. The molecule has 0 fully saturated rings. The first-order valence-electron chi connectivity index (χ1n) is 5.30. The number of sulfonamides is 1. The number of rotatable bonds is 6. The van der Waals surface area contributed by atoms with Crippen molar-refractivity contribution in [1.29, 1.82) is 0 Å². The summed E-state index contributed by atoms with van der Waals surface area (Å²) < 4.78 is 29.9. The van der Waals surface area contributed by atoms with Crippen LogP contribution in [0.1, 0.15) is 6.92 Å². The number of methoxy groups -OCH3 is 1. The largest absolute Gasteiger partial charge is 0.497 e. The Morgan fingerprint density at radius 1 is 1.29 bits per heavy atom. The van der Waals surface area contributed by atoms with Gasteiger partial charge in [0.1, 0.15) is 5.75 Å². The summed E-state index contributed by atoms with van der Waals surface area (Å²) in [5.74, 6) is 0.658. The van der Waals surface area contributed by atoms with Crippen molar-refractivity contribution in [1.82, 2.24) is 0 Å². The molecule has 1 aromatic carbocycles. The average Bonchev–Trinajstić information content (AvgIpc) is 2.36. The maximum atomic E-state index is 11.8. The van der Waals surface area contributed by atoms with E-state index in [1.54, 1.807) is 38.3 Å². The number of aliphatic hydroxyl groups is 1. The van der Waals surface area contributed by atoms with Crippen molar-refractivity contribution >= 4 is 15.7 Å². The van der Waals surface area contributed by atoms with Crippen LogP contribution in [0, 0.1) is 0 Å². The van der Waals surface area contributed by atoms with E-state index in [-0.39, 0.29) is 18.9 Å². The first-order valence-corrected chi connectivity index (χ1v) is 6.91. The fourth-order valence-corrected chi connectivity index (χ4v) is 2.54. The van der Waals surface area contributed by atoms with Crippen molar-refractivity contribution in [2.24, 2.45) is 0 Å². The predicted molar refractivity (Wildman–Crippen MR) is 66.9 cm³/mol. The monoisotopic (exact) mass is 259 g/mol. The average molecular weight is 259 g/mol. The summed E-state index contributed by atoms with van der Waals surface area (Å²) in [5.41, 5.74) is 0.529. The molecule has 0 atom stereocenters. The van der Waals surface area contributed by atoms with Crippen LogP contribution in [0.4, 0.5) is 5.69 Å². The Balaban J connectivity index is 3.05. The van der Waals surface area contributed by atoms with Gasteiger partial charge < -0.3 is 9.84 Å². The lowest BCUT2D eigenvalue weighted by Crippen LogP contribution is -2.34. The van der Waals surface area contributed by atoms with Crippen molar-refractivity contribution in [3.63, 3.8) is 0 Å². The van der Waals surface area contributed by atoms with Crippen LogP contribution in [-0.2, 0) is 10.0 Å². The molecule has 6 heteroatoms. The Hall–Kier alpha value is -1.27. The zero-order valence-corrected chi connectivity index (χ0v) is 10.8. The van der Waals surface area contributed by atoms with Crippen molar-refractivity contribution in [3.8, 4) is 5.75 Å². The Kier molecular flexibility index (Phi) is 4.77. The van der Waals surface area contributed by atoms with E-state index >= 15 is 0 Å². The minimum Gasteiger partial charge on any atom is -0.497 e. The lowest BCUT2D eigenvalue weighted by Gasteiger charge is -2.22. The number of hydrogen-bond donors (Lipinski definition) is 1. The zero-order valence-electron chi connectivity index (χ0n) is 9.96. The van der Waals surface area contributed by atoms with E-state index in [0.717, 1.165) is 0 Å². The molecule has 0 aromatic heterocycles. The molecule has 96 valence electrons. The molecule has 5 nitrogen and oxygen atoms in total. The zero-order chi connectivity index (χ0) is 12.9. The fourth-order valence-electron chi connectivity index (χ4n) is 1.42. The smallest absolute Gasteiger partial charge is 0.234 e. The van der Waals surface area contributed by atoms with Crippen molar-refractivity contribution in [2.75, 3.05) is 30.3 Å². The highest BCUT2D eigenvalue weighted by Crippen LogP contribution is 2.21. The van der Waals surface area contributed by atoms with Crippen LogP contribution in [0.5, 0.6) is 5.75 Å². The maximum Gasteiger partial charge on any atom is 0.234 e. The van der Waals surface area contributed by atoms with Crippen molar-refractivity contribution in [3.05, 3.63) is 24.3 Å². The molecule has 1 N–H and O–H groups in total. The van der Waals surface area contributed by atoms with Crippen LogP contribution in [0.3, 0.4) is 0 Å². The van der Waals surface area contributed by atoms with Crippen LogP contribution in [0.15, 0.2) is 24.3 Å². The third-order valence-electron chi connectivity index (χ3n) is 2.36. The second-order valence-electron chi connectivity index (χ2n) is 3.39. The number of aliphatic hydroxyl groups excluding tert-OH is 1. The van der Waals surface area contributed by atoms with E-state index in [2.05, 4.69) is 0 Å². The van der Waals surface area contributed by atoms with Gasteiger partial charge in [0.05, 0.1) is 31.7 Å².